The maximum atomic E-state index is 11.8. The molecule has 2 unspecified atom stereocenters. The molecular weight excluding hydrogens is 325 g/mol. The minimum Gasteiger partial charge on any atom is -0.372 e. The van der Waals surface area contributed by atoms with Crippen molar-refractivity contribution in [1.82, 2.24) is 0 Å². The molecule has 7 heteroatoms. The van der Waals surface area contributed by atoms with Crippen molar-refractivity contribution in [3.63, 3.8) is 0 Å². The molecule has 1 aromatic rings. The van der Waals surface area contributed by atoms with Crippen molar-refractivity contribution in [2.45, 2.75) is 39.0 Å². The van der Waals surface area contributed by atoms with Crippen LogP contribution in [-0.4, -0.2) is 37.2 Å². The van der Waals surface area contributed by atoms with Crippen LogP contribution in [0, 0.1) is 0 Å². The number of rotatable bonds is 3. The molecule has 1 saturated heterocycles. The number of carbonyl (C=O) groups excluding carboxylic acids is 1. The smallest absolute Gasteiger partial charge is 0.241 e. The van der Waals surface area contributed by atoms with E-state index in [1.54, 1.807) is 6.92 Å². The van der Waals surface area contributed by atoms with Crippen LogP contribution in [0.4, 0.5) is 11.4 Å². The molecule has 3 N–H and O–H groups in total. The van der Waals surface area contributed by atoms with Crippen LogP contribution in [0.5, 0.6) is 0 Å². The van der Waals surface area contributed by atoms with Gasteiger partial charge in [-0.15, -0.1) is 24.8 Å². The van der Waals surface area contributed by atoms with E-state index in [2.05, 4.69) is 24.1 Å². The Bertz CT molecular complexity index is 476. The Labute approximate surface area is 144 Å². The Morgan fingerprint density at radius 1 is 1.27 bits per heavy atom. The van der Waals surface area contributed by atoms with Gasteiger partial charge in [0.05, 0.1) is 29.6 Å². The van der Waals surface area contributed by atoms with E-state index in [1.165, 1.54) is 0 Å². The summed E-state index contributed by atoms with van der Waals surface area (Å²) in [6.45, 7) is 7.43. The van der Waals surface area contributed by atoms with E-state index in [9.17, 15) is 4.79 Å². The van der Waals surface area contributed by atoms with Crippen LogP contribution in [0.1, 0.15) is 20.8 Å². The molecule has 1 aromatic carbocycles. The third kappa shape index (κ3) is 5.32. The SMILES string of the molecule is CC1CN(c2ccccc2NC(=O)[C@@H](C)N)CC(C)O1.Cl.Cl. The summed E-state index contributed by atoms with van der Waals surface area (Å²) in [6, 6.07) is 7.28. The Kier molecular flexibility index (Phi) is 8.78. The molecule has 0 aliphatic carbocycles. The Hall–Kier alpha value is -1.01. The standard InChI is InChI=1S/C15H23N3O2.2ClH/c1-10-8-18(9-11(2)20-10)14-7-5-4-6-13(14)17-15(19)12(3)16;;/h4-7,10-12H,8-9,16H2,1-3H3,(H,17,19);2*1H/t10?,11?,12-;;/m1../s1. The summed E-state index contributed by atoms with van der Waals surface area (Å²) in [7, 11) is 0. The third-order valence-electron chi connectivity index (χ3n) is 3.34. The monoisotopic (exact) mass is 349 g/mol. The Morgan fingerprint density at radius 2 is 1.82 bits per heavy atom. The molecule has 1 aliphatic heterocycles. The summed E-state index contributed by atoms with van der Waals surface area (Å²) in [5.41, 5.74) is 7.43. The predicted octanol–water partition coefficient (Wildman–Crippen LogP) is 2.43. The lowest BCUT2D eigenvalue weighted by molar-refractivity contribution is -0.117. The number of amides is 1. The topological polar surface area (TPSA) is 67.6 Å². The number of ether oxygens (including phenoxy) is 1. The van der Waals surface area contributed by atoms with Crippen LogP contribution in [0.25, 0.3) is 0 Å². The molecule has 1 fully saturated rings. The van der Waals surface area contributed by atoms with Gasteiger partial charge in [-0.3, -0.25) is 4.79 Å². The highest BCUT2D eigenvalue weighted by Gasteiger charge is 2.24. The second-order valence-corrected chi connectivity index (χ2v) is 5.46. The van der Waals surface area contributed by atoms with Crippen LogP contribution >= 0.6 is 24.8 Å². The van der Waals surface area contributed by atoms with Gasteiger partial charge in [-0.05, 0) is 32.9 Å². The first kappa shape index (κ1) is 21.0. The number of para-hydroxylation sites is 2. The Morgan fingerprint density at radius 3 is 2.36 bits per heavy atom. The number of hydrogen-bond donors (Lipinski definition) is 2. The second kappa shape index (κ2) is 9.20. The molecule has 22 heavy (non-hydrogen) atoms. The molecule has 1 aliphatic rings. The lowest BCUT2D eigenvalue weighted by Gasteiger charge is -2.37. The van der Waals surface area contributed by atoms with Crippen molar-refractivity contribution < 1.29 is 9.53 Å². The lowest BCUT2D eigenvalue weighted by atomic mass is 10.1. The van der Waals surface area contributed by atoms with Crippen molar-refractivity contribution in [1.29, 1.82) is 0 Å². The number of hydrogen-bond acceptors (Lipinski definition) is 4. The van der Waals surface area contributed by atoms with Crippen LogP contribution in [0.15, 0.2) is 24.3 Å². The molecule has 3 atom stereocenters. The van der Waals surface area contributed by atoms with Gasteiger partial charge in [0, 0.05) is 13.1 Å². The lowest BCUT2D eigenvalue weighted by Crippen LogP contribution is -2.46. The summed E-state index contributed by atoms with van der Waals surface area (Å²) in [4.78, 5) is 14.0. The van der Waals surface area contributed by atoms with Crippen molar-refractivity contribution in [3.8, 4) is 0 Å². The fourth-order valence-electron chi connectivity index (χ4n) is 2.48. The van der Waals surface area contributed by atoms with E-state index in [4.69, 9.17) is 10.5 Å². The highest BCUT2D eigenvalue weighted by atomic mass is 35.5. The maximum absolute atomic E-state index is 11.8. The number of nitrogens with two attached hydrogens (primary N) is 1. The first-order chi connectivity index (χ1) is 9.47. The molecule has 2 rings (SSSR count). The number of nitrogens with zero attached hydrogens (tertiary/aromatic N) is 1. The molecule has 0 bridgehead atoms. The fraction of sp³-hybridized carbons (Fsp3) is 0.533. The average Bonchev–Trinajstić information content (AvgIpc) is 2.38. The zero-order valence-electron chi connectivity index (χ0n) is 13.1. The number of carbonyl (C=O) groups is 1. The van der Waals surface area contributed by atoms with Crippen molar-refractivity contribution in [2.24, 2.45) is 5.73 Å². The van der Waals surface area contributed by atoms with Gasteiger partial charge in [0.25, 0.3) is 0 Å². The first-order valence-corrected chi connectivity index (χ1v) is 7.03. The number of benzene rings is 1. The predicted molar refractivity (Wildman–Crippen MR) is 95.4 cm³/mol. The number of anilines is 2. The van der Waals surface area contributed by atoms with E-state index in [0.717, 1.165) is 24.5 Å². The van der Waals surface area contributed by atoms with Gasteiger partial charge in [0.1, 0.15) is 0 Å². The van der Waals surface area contributed by atoms with Gasteiger partial charge in [-0.25, -0.2) is 0 Å². The molecule has 1 heterocycles. The highest BCUT2D eigenvalue weighted by molar-refractivity contribution is 5.97. The molecule has 0 aromatic heterocycles. The van der Waals surface area contributed by atoms with Gasteiger partial charge < -0.3 is 20.7 Å². The summed E-state index contributed by atoms with van der Waals surface area (Å²) in [6.07, 6.45) is 0.354. The van der Waals surface area contributed by atoms with Crippen LogP contribution < -0.4 is 16.0 Å². The number of nitrogens with one attached hydrogen (secondary N) is 1. The van der Waals surface area contributed by atoms with E-state index in [-0.39, 0.29) is 42.9 Å². The Balaban J connectivity index is 0.00000220. The van der Waals surface area contributed by atoms with Crippen LogP contribution in [0.2, 0.25) is 0 Å². The summed E-state index contributed by atoms with van der Waals surface area (Å²) >= 11 is 0. The summed E-state index contributed by atoms with van der Waals surface area (Å²) in [5.74, 6) is -0.174. The van der Waals surface area contributed by atoms with Gasteiger partial charge in [0.15, 0.2) is 0 Å². The molecule has 5 nitrogen and oxygen atoms in total. The molecule has 0 spiro atoms. The molecule has 126 valence electrons. The van der Waals surface area contributed by atoms with Crippen LogP contribution in [0.3, 0.4) is 0 Å². The minimum atomic E-state index is -0.523. The highest BCUT2D eigenvalue weighted by Crippen LogP contribution is 2.28. The van der Waals surface area contributed by atoms with Gasteiger partial charge in [-0.1, -0.05) is 12.1 Å². The third-order valence-corrected chi connectivity index (χ3v) is 3.34. The average molecular weight is 350 g/mol. The van der Waals surface area contributed by atoms with Crippen molar-refractivity contribution >= 4 is 42.1 Å². The van der Waals surface area contributed by atoms with Crippen molar-refractivity contribution in [3.05, 3.63) is 24.3 Å². The normalized spacial score (nSPS) is 22.1. The van der Waals surface area contributed by atoms with Crippen molar-refractivity contribution in [2.75, 3.05) is 23.3 Å². The number of halogens is 2. The van der Waals surface area contributed by atoms with Gasteiger partial charge in [0.2, 0.25) is 5.91 Å². The molecular formula is C15H25Cl2N3O2. The quantitative estimate of drug-likeness (QED) is 0.879. The largest absolute Gasteiger partial charge is 0.372 e. The summed E-state index contributed by atoms with van der Waals surface area (Å²) in [5, 5.41) is 2.89. The molecule has 0 saturated carbocycles. The molecule has 0 radical (unpaired) electrons. The van der Waals surface area contributed by atoms with E-state index >= 15 is 0 Å². The van der Waals surface area contributed by atoms with E-state index < -0.39 is 6.04 Å². The zero-order chi connectivity index (χ0) is 14.7. The second-order valence-electron chi connectivity index (χ2n) is 5.46. The van der Waals surface area contributed by atoms with E-state index in [1.807, 2.05) is 24.3 Å². The first-order valence-electron chi connectivity index (χ1n) is 7.03. The fourth-order valence-corrected chi connectivity index (χ4v) is 2.48. The van der Waals surface area contributed by atoms with Gasteiger partial charge >= 0.3 is 0 Å². The maximum Gasteiger partial charge on any atom is 0.241 e. The zero-order valence-corrected chi connectivity index (χ0v) is 14.7. The van der Waals surface area contributed by atoms with Crippen LogP contribution in [-0.2, 0) is 9.53 Å². The van der Waals surface area contributed by atoms with Gasteiger partial charge in [-0.2, -0.15) is 0 Å². The number of morpholine rings is 1. The molecule has 1 amide bonds. The summed E-state index contributed by atoms with van der Waals surface area (Å²) < 4.78 is 5.75. The van der Waals surface area contributed by atoms with E-state index in [0.29, 0.717) is 0 Å². The minimum absolute atomic E-state index is 0.